The molecule has 2 rings (SSSR count). The normalized spacial score (nSPS) is 18.0. The first-order valence-corrected chi connectivity index (χ1v) is 8.12. The maximum Gasteiger partial charge on any atom is 0.234 e. The van der Waals surface area contributed by atoms with Crippen LogP contribution in [0.5, 0.6) is 0 Å². The van der Waals surface area contributed by atoms with Gasteiger partial charge in [0.25, 0.3) is 0 Å². The molecule has 2 N–H and O–H groups in total. The van der Waals surface area contributed by atoms with Crippen molar-refractivity contribution < 1.29 is 9.90 Å². The van der Waals surface area contributed by atoms with E-state index in [9.17, 15) is 4.79 Å². The smallest absolute Gasteiger partial charge is 0.234 e. The van der Waals surface area contributed by atoms with Gasteiger partial charge in [0.1, 0.15) is 0 Å². The van der Waals surface area contributed by atoms with Crippen LogP contribution in [-0.4, -0.2) is 61.8 Å². The molecule has 1 amide bonds. The lowest BCUT2D eigenvalue weighted by molar-refractivity contribution is -0.122. The van der Waals surface area contributed by atoms with Gasteiger partial charge in [-0.1, -0.05) is 25.1 Å². The lowest BCUT2D eigenvalue weighted by Gasteiger charge is -2.20. The third kappa shape index (κ3) is 5.00. The number of amides is 1. The number of likely N-dealkylation sites (N-methyl/N-ethyl adjacent to an activating group) is 1. The van der Waals surface area contributed by atoms with E-state index in [-0.39, 0.29) is 12.5 Å². The minimum atomic E-state index is 0.0495. The molecule has 22 heavy (non-hydrogen) atoms. The summed E-state index contributed by atoms with van der Waals surface area (Å²) in [7, 11) is 0. The number of para-hydroxylation sites is 1. The Kier molecular flexibility index (Phi) is 6.68. The van der Waals surface area contributed by atoms with Gasteiger partial charge < -0.3 is 15.3 Å². The van der Waals surface area contributed by atoms with Crippen molar-refractivity contribution >= 4 is 11.6 Å². The summed E-state index contributed by atoms with van der Waals surface area (Å²) < 4.78 is 0. The SMILES string of the molecule is CCN(CCO)CC(=O)NCC1CCN(c2ccccc2)C1. The van der Waals surface area contributed by atoms with Crippen molar-refractivity contribution in [1.29, 1.82) is 0 Å². The summed E-state index contributed by atoms with van der Waals surface area (Å²) in [6.45, 7) is 6.57. The van der Waals surface area contributed by atoms with Gasteiger partial charge in [0.2, 0.25) is 5.91 Å². The Hall–Kier alpha value is -1.59. The number of hydrogen-bond acceptors (Lipinski definition) is 4. The fourth-order valence-electron chi connectivity index (χ4n) is 2.88. The van der Waals surface area contributed by atoms with Crippen LogP contribution in [0.25, 0.3) is 0 Å². The van der Waals surface area contributed by atoms with Crippen molar-refractivity contribution in [3.63, 3.8) is 0 Å². The second-order valence-electron chi connectivity index (χ2n) is 5.83. The predicted octanol–water partition coefficient (Wildman–Crippen LogP) is 0.943. The van der Waals surface area contributed by atoms with Crippen LogP contribution in [0.15, 0.2) is 30.3 Å². The molecule has 0 aromatic heterocycles. The maximum atomic E-state index is 11.9. The number of aliphatic hydroxyl groups excluding tert-OH is 1. The highest BCUT2D eigenvalue weighted by atomic mass is 16.3. The third-order valence-electron chi connectivity index (χ3n) is 4.23. The van der Waals surface area contributed by atoms with Gasteiger partial charge >= 0.3 is 0 Å². The number of nitrogens with zero attached hydrogens (tertiary/aromatic N) is 2. The zero-order chi connectivity index (χ0) is 15.8. The van der Waals surface area contributed by atoms with Crippen LogP contribution >= 0.6 is 0 Å². The summed E-state index contributed by atoms with van der Waals surface area (Å²) in [5, 5.41) is 12.0. The average Bonchev–Trinajstić information content (AvgIpc) is 3.02. The van der Waals surface area contributed by atoms with Crippen LogP contribution in [0.1, 0.15) is 13.3 Å². The molecule has 0 saturated carbocycles. The Balaban J connectivity index is 1.71. The monoisotopic (exact) mass is 305 g/mol. The summed E-state index contributed by atoms with van der Waals surface area (Å²) in [6.07, 6.45) is 1.11. The Morgan fingerprint density at radius 2 is 2.18 bits per heavy atom. The van der Waals surface area contributed by atoms with Gasteiger partial charge in [-0.2, -0.15) is 0 Å². The summed E-state index contributed by atoms with van der Waals surface area (Å²) in [4.78, 5) is 16.3. The van der Waals surface area contributed by atoms with Gasteiger partial charge in [-0.15, -0.1) is 0 Å². The lowest BCUT2D eigenvalue weighted by atomic mass is 10.1. The zero-order valence-electron chi connectivity index (χ0n) is 13.4. The second kappa shape index (κ2) is 8.76. The molecule has 1 atom stereocenters. The number of aliphatic hydroxyl groups is 1. The first-order valence-electron chi connectivity index (χ1n) is 8.12. The van der Waals surface area contributed by atoms with Gasteiger partial charge in [0.05, 0.1) is 13.2 Å². The molecule has 1 aromatic rings. The largest absolute Gasteiger partial charge is 0.395 e. The number of carbonyl (C=O) groups is 1. The second-order valence-corrected chi connectivity index (χ2v) is 5.83. The number of nitrogens with one attached hydrogen (secondary N) is 1. The first kappa shape index (κ1) is 16.8. The minimum absolute atomic E-state index is 0.0495. The van der Waals surface area contributed by atoms with E-state index in [2.05, 4.69) is 34.5 Å². The van der Waals surface area contributed by atoms with E-state index in [4.69, 9.17) is 5.11 Å². The van der Waals surface area contributed by atoms with Gasteiger partial charge in [-0.25, -0.2) is 0 Å². The minimum Gasteiger partial charge on any atom is -0.395 e. The van der Waals surface area contributed by atoms with Crippen LogP contribution in [0.2, 0.25) is 0 Å². The molecule has 1 aliphatic heterocycles. The fourth-order valence-corrected chi connectivity index (χ4v) is 2.88. The van der Waals surface area contributed by atoms with E-state index in [0.717, 1.165) is 32.6 Å². The van der Waals surface area contributed by atoms with Crippen molar-refractivity contribution in [3.8, 4) is 0 Å². The molecule has 1 aromatic carbocycles. The van der Waals surface area contributed by atoms with Crippen molar-refractivity contribution in [3.05, 3.63) is 30.3 Å². The van der Waals surface area contributed by atoms with Gasteiger partial charge in [-0.05, 0) is 31.0 Å². The number of anilines is 1. The Bertz CT molecular complexity index is 452. The van der Waals surface area contributed by atoms with Gasteiger partial charge in [0.15, 0.2) is 0 Å². The number of rotatable bonds is 8. The van der Waals surface area contributed by atoms with E-state index in [1.54, 1.807) is 0 Å². The predicted molar refractivity (Wildman–Crippen MR) is 89.0 cm³/mol. The molecule has 1 saturated heterocycles. The standard InChI is InChI=1S/C17H27N3O2/c1-2-19(10-11-21)14-17(22)18-12-15-8-9-20(13-15)16-6-4-3-5-7-16/h3-7,15,21H,2,8-14H2,1H3,(H,18,22). The molecule has 1 aliphatic rings. The molecule has 1 fully saturated rings. The van der Waals surface area contributed by atoms with Crippen molar-refractivity contribution in [1.82, 2.24) is 10.2 Å². The molecular weight excluding hydrogens is 278 g/mol. The highest BCUT2D eigenvalue weighted by Gasteiger charge is 2.23. The summed E-state index contributed by atoms with van der Waals surface area (Å²) in [6, 6.07) is 10.4. The molecule has 5 heteroatoms. The van der Waals surface area contributed by atoms with Crippen molar-refractivity contribution in [2.75, 3.05) is 50.8 Å². The molecule has 0 radical (unpaired) electrons. The van der Waals surface area contributed by atoms with Crippen LogP contribution in [0.3, 0.4) is 0 Å². The van der Waals surface area contributed by atoms with Crippen LogP contribution in [0, 0.1) is 5.92 Å². The van der Waals surface area contributed by atoms with Gasteiger partial charge in [0, 0.05) is 31.9 Å². The van der Waals surface area contributed by atoms with Gasteiger partial charge in [-0.3, -0.25) is 9.69 Å². The van der Waals surface area contributed by atoms with E-state index >= 15 is 0 Å². The lowest BCUT2D eigenvalue weighted by Crippen LogP contribution is -2.40. The molecule has 0 bridgehead atoms. The van der Waals surface area contributed by atoms with Crippen molar-refractivity contribution in [2.45, 2.75) is 13.3 Å². The van der Waals surface area contributed by atoms with E-state index in [0.29, 0.717) is 19.0 Å². The van der Waals surface area contributed by atoms with E-state index < -0.39 is 0 Å². The first-order chi connectivity index (χ1) is 10.7. The Morgan fingerprint density at radius 3 is 2.86 bits per heavy atom. The molecule has 1 heterocycles. The molecule has 122 valence electrons. The third-order valence-corrected chi connectivity index (χ3v) is 4.23. The quantitative estimate of drug-likeness (QED) is 0.751. The number of hydrogen-bond donors (Lipinski definition) is 2. The van der Waals surface area contributed by atoms with Crippen LogP contribution in [0.4, 0.5) is 5.69 Å². The van der Waals surface area contributed by atoms with Crippen LogP contribution in [-0.2, 0) is 4.79 Å². The highest BCUT2D eigenvalue weighted by Crippen LogP contribution is 2.22. The molecule has 1 unspecified atom stereocenters. The number of carbonyl (C=O) groups excluding carboxylic acids is 1. The summed E-state index contributed by atoms with van der Waals surface area (Å²) in [5.74, 6) is 0.561. The Morgan fingerprint density at radius 1 is 1.41 bits per heavy atom. The van der Waals surface area contributed by atoms with E-state index in [1.165, 1.54) is 5.69 Å². The average molecular weight is 305 g/mol. The molecule has 0 spiro atoms. The number of benzene rings is 1. The van der Waals surface area contributed by atoms with Crippen LogP contribution < -0.4 is 10.2 Å². The molecular formula is C17H27N3O2. The topological polar surface area (TPSA) is 55.8 Å². The summed E-state index contributed by atoms with van der Waals surface area (Å²) >= 11 is 0. The molecule has 0 aliphatic carbocycles. The maximum absolute atomic E-state index is 11.9. The van der Waals surface area contributed by atoms with E-state index in [1.807, 2.05) is 17.9 Å². The molecule has 5 nitrogen and oxygen atoms in total. The van der Waals surface area contributed by atoms with Crippen molar-refractivity contribution in [2.24, 2.45) is 5.92 Å². The summed E-state index contributed by atoms with van der Waals surface area (Å²) in [5.41, 5.74) is 1.26. The Labute approximate surface area is 132 Å². The highest BCUT2D eigenvalue weighted by molar-refractivity contribution is 5.78. The fraction of sp³-hybridized carbons (Fsp3) is 0.588. The zero-order valence-corrected chi connectivity index (χ0v) is 13.4.